The van der Waals surface area contributed by atoms with Gasteiger partial charge in [-0.15, -0.1) is 0 Å². The Kier molecular flexibility index (Phi) is 3.21. The van der Waals surface area contributed by atoms with Crippen molar-refractivity contribution in [1.29, 1.82) is 5.26 Å². The fraction of sp³-hybridized carbons (Fsp3) is 0.154. The number of nitrogens with two attached hydrogens (primary N) is 1. The minimum atomic E-state index is -0.296. The van der Waals surface area contributed by atoms with Crippen molar-refractivity contribution in [1.82, 2.24) is 9.78 Å². The fourth-order valence-electron chi connectivity index (χ4n) is 1.71. The number of ketones is 1. The maximum atomic E-state index is 11.4. The molecule has 0 aliphatic rings. The first kappa shape index (κ1) is 12.6. The molecule has 1 aromatic carbocycles. The SMILES string of the molecule is COc1ccc(-n2nc(C(C)=O)c(C#N)c2N)cc1. The third-order valence-corrected chi connectivity index (χ3v) is 2.68. The molecule has 0 aliphatic carbocycles. The van der Waals surface area contributed by atoms with E-state index in [4.69, 9.17) is 15.7 Å². The topological polar surface area (TPSA) is 93.9 Å². The molecule has 0 bridgehead atoms. The number of benzene rings is 1. The molecule has 1 heterocycles. The van der Waals surface area contributed by atoms with Crippen molar-refractivity contribution in [3.63, 3.8) is 0 Å². The zero-order chi connectivity index (χ0) is 14.0. The van der Waals surface area contributed by atoms with Crippen LogP contribution in [-0.2, 0) is 0 Å². The summed E-state index contributed by atoms with van der Waals surface area (Å²) in [7, 11) is 1.57. The van der Waals surface area contributed by atoms with Crippen molar-refractivity contribution in [2.75, 3.05) is 12.8 Å². The minimum absolute atomic E-state index is 0.0795. The normalized spacial score (nSPS) is 9.95. The van der Waals surface area contributed by atoms with Crippen LogP contribution in [-0.4, -0.2) is 22.7 Å². The van der Waals surface area contributed by atoms with E-state index in [0.717, 1.165) is 0 Å². The number of aromatic nitrogens is 2. The molecule has 0 fully saturated rings. The van der Waals surface area contributed by atoms with Crippen LogP contribution >= 0.6 is 0 Å². The van der Waals surface area contributed by atoms with Gasteiger partial charge in [-0.25, -0.2) is 4.68 Å². The molecule has 6 nitrogen and oxygen atoms in total. The van der Waals surface area contributed by atoms with Crippen molar-refractivity contribution in [2.45, 2.75) is 6.92 Å². The molecule has 19 heavy (non-hydrogen) atoms. The Morgan fingerprint density at radius 1 is 1.42 bits per heavy atom. The van der Waals surface area contributed by atoms with Crippen LogP contribution in [0.15, 0.2) is 24.3 Å². The third-order valence-electron chi connectivity index (χ3n) is 2.68. The number of hydrogen-bond donors (Lipinski definition) is 1. The molecule has 2 N–H and O–H groups in total. The van der Waals surface area contributed by atoms with Crippen molar-refractivity contribution >= 4 is 11.6 Å². The highest BCUT2D eigenvalue weighted by Gasteiger charge is 2.19. The Balaban J connectivity index is 2.56. The summed E-state index contributed by atoms with van der Waals surface area (Å²) in [6, 6.07) is 8.88. The van der Waals surface area contributed by atoms with Crippen molar-refractivity contribution in [2.24, 2.45) is 0 Å². The number of anilines is 1. The highest BCUT2D eigenvalue weighted by Crippen LogP contribution is 2.22. The Bertz CT molecular complexity index is 665. The molecule has 0 saturated carbocycles. The molecule has 0 saturated heterocycles. The second kappa shape index (κ2) is 4.82. The number of rotatable bonds is 3. The Labute approximate surface area is 110 Å². The first-order valence-corrected chi connectivity index (χ1v) is 5.52. The summed E-state index contributed by atoms with van der Waals surface area (Å²) in [5, 5.41) is 13.1. The summed E-state index contributed by atoms with van der Waals surface area (Å²) in [5.74, 6) is 0.551. The number of methoxy groups -OCH3 is 1. The summed E-state index contributed by atoms with van der Waals surface area (Å²) < 4.78 is 6.43. The van der Waals surface area contributed by atoms with Crippen molar-refractivity contribution < 1.29 is 9.53 Å². The Hall–Kier alpha value is -2.81. The molecule has 1 aromatic heterocycles. The second-order valence-corrected chi connectivity index (χ2v) is 3.89. The lowest BCUT2D eigenvalue weighted by Crippen LogP contribution is -2.02. The lowest BCUT2D eigenvalue weighted by Gasteiger charge is -2.05. The number of Topliss-reactive ketones (excluding diaryl/α,β-unsaturated/α-hetero) is 1. The lowest BCUT2D eigenvalue weighted by atomic mass is 10.2. The van der Waals surface area contributed by atoms with Gasteiger partial charge in [0.05, 0.1) is 12.8 Å². The average Bonchev–Trinajstić information content (AvgIpc) is 2.76. The molecule has 0 atom stereocenters. The molecule has 2 aromatic rings. The zero-order valence-corrected chi connectivity index (χ0v) is 10.5. The van der Waals surface area contributed by atoms with E-state index in [1.165, 1.54) is 11.6 Å². The van der Waals surface area contributed by atoms with Crippen LogP contribution in [0.3, 0.4) is 0 Å². The van der Waals surface area contributed by atoms with Gasteiger partial charge in [0, 0.05) is 6.92 Å². The van der Waals surface area contributed by atoms with Crippen LogP contribution in [0.4, 0.5) is 5.82 Å². The number of nitriles is 1. The summed E-state index contributed by atoms with van der Waals surface area (Å²) in [4.78, 5) is 11.4. The molecular formula is C13H12N4O2. The third kappa shape index (κ3) is 2.13. The first-order chi connectivity index (χ1) is 9.08. The van der Waals surface area contributed by atoms with Crippen molar-refractivity contribution in [3.05, 3.63) is 35.5 Å². The summed E-state index contributed by atoms with van der Waals surface area (Å²) in [6.07, 6.45) is 0. The maximum Gasteiger partial charge on any atom is 0.181 e. The Morgan fingerprint density at radius 2 is 2.05 bits per heavy atom. The van der Waals surface area contributed by atoms with E-state index in [9.17, 15) is 4.79 Å². The molecule has 96 valence electrons. The average molecular weight is 256 g/mol. The number of nitrogen functional groups attached to an aromatic ring is 1. The van der Waals surface area contributed by atoms with E-state index in [1.54, 1.807) is 31.4 Å². The lowest BCUT2D eigenvalue weighted by molar-refractivity contribution is 0.101. The minimum Gasteiger partial charge on any atom is -0.497 e. The van der Waals surface area contributed by atoms with Gasteiger partial charge in [0.2, 0.25) is 0 Å². The van der Waals surface area contributed by atoms with Gasteiger partial charge < -0.3 is 10.5 Å². The molecule has 0 aliphatic heterocycles. The summed E-state index contributed by atoms with van der Waals surface area (Å²) >= 11 is 0. The maximum absolute atomic E-state index is 11.4. The zero-order valence-electron chi connectivity index (χ0n) is 10.5. The van der Waals surface area contributed by atoms with Gasteiger partial charge in [0.25, 0.3) is 0 Å². The van der Waals surface area contributed by atoms with Gasteiger partial charge in [0.1, 0.15) is 28.9 Å². The molecule has 0 radical (unpaired) electrons. The van der Waals surface area contributed by atoms with Crippen LogP contribution in [0.25, 0.3) is 5.69 Å². The van der Waals surface area contributed by atoms with E-state index in [-0.39, 0.29) is 22.9 Å². The van der Waals surface area contributed by atoms with Gasteiger partial charge in [-0.1, -0.05) is 0 Å². The molecule has 0 amide bonds. The number of hydrogen-bond acceptors (Lipinski definition) is 5. The van der Waals surface area contributed by atoms with Gasteiger partial charge in [-0.05, 0) is 24.3 Å². The van der Waals surface area contributed by atoms with Gasteiger partial charge >= 0.3 is 0 Å². The number of carbonyl (C=O) groups excluding carboxylic acids is 1. The highest BCUT2D eigenvalue weighted by atomic mass is 16.5. The highest BCUT2D eigenvalue weighted by molar-refractivity contribution is 5.96. The van der Waals surface area contributed by atoms with Crippen molar-refractivity contribution in [3.8, 4) is 17.5 Å². The van der Waals surface area contributed by atoms with E-state index < -0.39 is 0 Å². The molecule has 2 rings (SSSR count). The molecule has 0 unspecified atom stereocenters. The smallest absolute Gasteiger partial charge is 0.181 e. The standard InChI is InChI=1S/C13H12N4O2/c1-8(18)12-11(7-14)13(15)17(16-12)9-3-5-10(19-2)6-4-9/h3-6H,15H2,1-2H3. The van der Waals surface area contributed by atoms with E-state index in [2.05, 4.69) is 5.10 Å². The summed E-state index contributed by atoms with van der Waals surface area (Å²) in [6.45, 7) is 1.35. The van der Waals surface area contributed by atoms with Crippen LogP contribution in [0, 0.1) is 11.3 Å². The largest absolute Gasteiger partial charge is 0.497 e. The summed E-state index contributed by atoms with van der Waals surface area (Å²) in [5.41, 5.74) is 6.68. The monoisotopic (exact) mass is 256 g/mol. The predicted molar refractivity (Wildman–Crippen MR) is 69.2 cm³/mol. The molecule has 0 spiro atoms. The van der Waals surface area contributed by atoms with Crippen LogP contribution in [0.5, 0.6) is 5.75 Å². The number of nitrogens with zero attached hydrogens (tertiary/aromatic N) is 3. The van der Waals surface area contributed by atoms with E-state index >= 15 is 0 Å². The van der Waals surface area contributed by atoms with Gasteiger partial charge in [-0.3, -0.25) is 4.79 Å². The molecular weight excluding hydrogens is 244 g/mol. The Morgan fingerprint density at radius 3 is 2.47 bits per heavy atom. The van der Waals surface area contributed by atoms with E-state index in [0.29, 0.717) is 11.4 Å². The van der Waals surface area contributed by atoms with E-state index in [1.807, 2.05) is 6.07 Å². The van der Waals surface area contributed by atoms with Crippen LogP contribution in [0.2, 0.25) is 0 Å². The quantitative estimate of drug-likeness (QED) is 0.840. The van der Waals surface area contributed by atoms with Gasteiger partial charge in [0.15, 0.2) is 5.78 Å². The predicted octanol–water partition coefficient (Wildman–Crippen LogP) is 1.54. The van der Waals surface area contributed by atoms with Crippen LogP contribution < -0.4 is 10.5 Å². The van der Waals surface area contributed by atoms with Gasteiger partial charge in [-0.2, -0.15) is 10.4 Å². The fourth-order valence-corrected chi connectivity index (χ4v) is 1.71. The second-order valence-electron chi connectivity index (χ2n) is 3.89. The molecule has 6 heteroatoms. The number of carbonyl (C=O) groups is 1. The van der Waals surface area contributed by atoms with Crippen LogP contribution in [0.1, 0.15) is 23.0 Å². The first-order valence-electron chi connectivity index (χ1n) is 5.52. The number of ether oxygens (including phenoxy) is 1.